The molecule has 0 radical (unpaired) electrons. The van der Waals surface area contributed by atoms with E-state index in [2.05, 4.69) is 5.10 Å². The molecule has 1 amide bonds. The smallest absolute Gasteiger partial charge is 0.364 e. The number of hydrogen-bond donors (Lipinski definition) is 1. The lowest BCUT2D eigenvalue weighted by Crippen LogP contribution is -2.69. The molecule has 0 aliphatic carbocycles. The van der Waals surface area contributed by atoms with E-state index in [0.717, 1.165) is 0 Å². The zero-order valence-electron chi connectivity index (χ0n) is 16.3. The van der Waals surface area contributed by atoms with Crippen molar-refractivity contribution in [2.75, 3.05) is 0 Å². The Kier molecular flexibility index (Phi) is 6.07. The average molecular weight is 462 g/mol. The van der Waals surface area contributed by atoms with Gasteiger partial charge in [-0.1, -0.05) is 60.7 Å². The fourth-order valence-electron chi connectivity index (χ4n) is 3.27. The van der Waals surface area contributed by atoms with Crippen molar-refractivity contribution in [2.24, 2.45) is 5.10 Å². The van der Waals surface area contributed by atoms with Crippen LogP contribution in [-0.2, 0) is 11.2 Å². The second-order valence-corrected chi connectivity index (χ2v) is 7.24. The molecule has 1 aliphatic rings. The quantitative estimate of drug-likeness (QED) is 0.629. The number of hydrogen-bond acceptors (Lipinski definition) is 3. The lowest BCUT2D eigenvalue weighted by molar-refractivity contribution is -0.401. The van der Waals surface area contributed by atoms with Crippen LogP contribution in [0.1, 0.15) is 24.0 Å². The van der Waals surface area contributed by atoms with E-state index in [1.54, 1.807) is 36.4 Å². The summed E-state index contributed by atoms with van der Waals surface area (Å²) in [5.74, 6) is -14.1. The number of carbonyl (C=O) groups excluding carboxylic acids is 1. The summed E-state index contributed by atoms with van der Waals surface area (Å²) < 4.78 is 95.3. The van der Waals surface area contributed by atoms with E-state index in [1.807, 2.05) is 0 Å². The van der Waals surface area contributed by atoms with Gasteiger partial charge in [0.25, 0.3) is 0 Å². The molecule has 1 unspecified atom stereocenters. The summed E-state index contributed by atoms with van der Waals surface area (Å²) >= 11 is 0. The summed E-state index contributed by atoms with van der Waals surface area (Å²) in [6, 6.07) is 15.3. The molecule has 172 valence electrons. The number of alkyl halides is 7. The molecule has 2 aromatic rings. The monoisotopic (exact) mass is 462 g/mol. The Labute approximate surface area is 178 Å². The number of aliphatic hydroxyl groups is 1. The highest BCUT2D eigenvalue weighted by molar-refractivity contribution is 6.03. The first-order valence-electron chi connectivity index (χ1n) is 9.36. The van der Waals surface area contributed by atoms with Crippen LogP contribution in [0.4, 0.5) is 30.7 Å². The summed E-state index contributed by atoms with van der Waals surface area (Å²) in [5.41, 5.74) is -4.00. The van der Waals surface area contributed by atoms with E-state index in [4.69, 9.17) is 0 Å². The minimum atomic E-state index is -6.68. The SMILES string of the molecule is O=C(CCc1ccccc1)N1N=C(c2ccccc2)CC1(O)C(F)(F)C(F)(F)C(F)(F)F. The highest BCUT2D eigenvalue weighted by Gasteiger charge is 2.82. The molecule has 0 bridgehead atoms. The Balaban J connectivity index is 2.00. The van der Waals surface area contributed by atoms with Crippen molar-refractivity contribution < 1.29 is 40.6 Å². The Morgan fingerprint density at radius 3 is 2.00 bits per heavy atom. The normalized spacial score (nSPS) is 19.8. The fraction of sp³-hybridized carbons (Fsp3) is 0.333. The number of amides is 1. The Morgan fingerprint density at radius 2 is 1.47 bits per heavy atom. The molecule has 1 heterocycles. The number of aryl methyl sites for hydroxylation is 1. The van der Waals surface area contributed by atoms with Crippen LogP contribution in [0, 0.1) is 0 Å². The molecule has 0 fully saturated rings. The summed E-state index contributed by atoms with van der Waals surface area (Å²) in [7, 11) is 0. The number of carbonyl (C=O) groups is 1. The van der Waals surface area contributed by atoms with Crippen LogP contribution in [0.25, 0.3) is 0 Å². The first-order chi connectivity index (χ1) is 14.8. The number of benzene rings is 2. The molecule has 11 heteroatoms. The Morgan fingerprint density at radius 1 is 0.938 bits per heavy atom. The van der Waals surface area contributed by atoms with Crippen molar-refractivity contribution in [3.8, 4) is 0 Å². The average Bonchev–Trinajstić information content (AvgIpc) is 3.12. The highest BCUT2D eigenvalue weighted by Crippen LogP contribution is 2.54. The van der Waals surface area contributed by atoms with Gasteiger partial charge in [0.2, 0.25) is 11.6 Å². The van der Waals surface area contributed by atoms with Gasteiger partial charge < -0.3 is 5.11 Å². The molecule has 32 heavy (non-hydrogen) atoms. The standard InChI is InChI=1S/C21H17F7N2O2/c22-19(23,20(24,25)21(26,27)28)18(32)13-16(15-9-5-2-6-10-15)29-30(18)17(31)12-11-14-7-3-1-4-8-14/h1-10,32H,11-13H2. The van der Waals surface area contributed by atoms with Crippen molar-refractivity contribution in [3.05, 3.63) is 71.8 Å². The molecular formula is C21H17F7N2O2. The van der Waals surface area contributed by atoms with Crippen LogP contribution in [0.2, 0.25) is 0 Å². The number of nitrogens with zero attached hydrogens (tertiary/aromatic N) is 2. The van der Waals surface area contributed by atoms with Crippen molar-refractivity contribution in [1.82, 2.24) is 5.01 Å². The first kappa shape index (κ1) is 23.7. The summed E-state index contributed by atoms with van der Waals surface area (Å²) in [6.45, 7) is 0. The van der Waals surface area contributed by atoms with Gasteiger partial charge in [-0.15, -0.1) is 0 Å². The lowest BCUT2D eigenvalue weighted by atomic mass is 9.91. The van der Waals surface area contributed by atoms with E-state index >= 15 is 0 Å². The van der Waals surface area contributed by atoms with Crippen molar-refractivity contribution in [2.45, 2.75) is 43.0 Å². The van der Waals surface area contributed by atoms with Gasteiger partial charge in [0.05, 0.1) is 5.71 Å². The van der Waals surface area contributed by atoms with Gasteiger partial charge in [0.1, 0.15) is 0 Å². The number of hydrazone groups is 1. The number of halogens is 7. The van der Waals surface area contributed by atoms with Crippen LogP contribution in [0.5, 0.6) is 0 Å². The van der Waals surface area contributed by atoms with Crippen LogP contribution < -0.4 is 0 Å². The summed E-state index contributed by atoms with van der Waals surface area (Å²) in [5, 5.41) is 13.8. The van der Waals surface area contributed by atoms with Gasteiger partial charge in [-0.2, -0.15) is 40.8 Å². The first-order valence-corrected chi connectivity index (χ1v) is 9.36. The maximum atomic E-state index is 14.7. The maximum Gasteiger partial charge on any atom is 0.460 e. The maximum absolute atomic E-state index is 14.7. The van der Waals surface area contributed by atoms with E-state index in [-0.39, 0.29) is 17.0 Å². The summed E-state index contributed by atoms with van der Waals surface area (Å²) in [6.07, 6.45) is -8.71. The van der Waals surface area contributed by atoms with Gasteiger partial charge in [0.15, 0.2) is 0 Å². The van der Waals surface area contributed by atoms with Crippen LogP contribution in [-0.4, -0.2) is 45.5 Å². The van der Waals surface area contributed by atoms with Gasteiger partial charge >= 0.3 is 18.0 Å². The zero-order chi connectivity index (χ0) is 23.8. The fourth-order valence-corrected chi connectivity index (χ4v) is 3.27. The molecule has 0 saturated carbocycles. The molecule has 1 aliphatic heterocycles. The summed E-state index contributed by atoms with van der Waals surface area (Å²) in [4.78, 5) is 12.6. The van der Waals surface area contributed by atoms with E-state index < -0.39 is 48.2 Å². The molecular weight excluding hydrogens is 445 g/mol. The topological polar surface area (TPSA) is 52.9 Å². The number of rotatable bonds is 6. The molecule has 0 saturated heterocycles. The lowest BCUT2D eigenvalue weighted by Gasteiger charge is -2.41. The molecule has 0 aromatic heterocycles. The van der Waals surface area contributed by atoms with Gasteiger partial charge in [0, 0.05) is 12.8 Å². The van der Waals surface area contributed by atoms with Crippen molar-refractivity contribution in [1.29, 1.82) is 0 Å². The van der Waals surface area contributed by atoms with Gasteiger partial charge in [-0.3, -0.25) is 4.79 Å². The second-order valence-electron chi connectivity index (χ2n) is 7.24. The van der Waals surface area contributed by atoms with Crippen molar-refractivity contribution >= 4 is 11.6 Å². The third-order valence-electron chi connectivity index (χ3n) is 5.05. The molecule has 0 spiro atoms. The van der Waals surface area contributed by atoms with Crippen LogP contribution in [0.3, 0.4) is 0 Å². The van der Waals surface area contributed by atoms with Crippen LogP contribution >= 0.6 is 0 Å². The van der Waals surface area contributed by atoms with E-state index in [9.17, 15) is 40.6 Å². The van der Waals surface area contributed by atoms with E-state index in [0.29, 0.717) is 5.56 Å². The van der Waals surface area contributed by atoms with E-state index in [1.165, 1.54) is 24.3 Å². The second kappa shape index (κ2) is 8.19. The predicted octanol–water partition coefficient (Wildman–Crippen LogP) is 4.78. The third-order valence-corrected chi connectivity index (χ3v) is 5.05. The van der Waals surface area contributed by atoms with Gasteiger partial charge in [-0.05, 0) is 17.5 Å². The van der Waals surface area contributed by atoms with Gasteiger partial charge in [-0.25, -0.2) is 0 Å². The molecule has 2 aromatic carbocycles. The highest BCUT2D eigenvalue weighted by atomic mass is 19.4. The molecule has 3 rings (SSSR count). The molecule has 1 atom stereocenters. The minimum Gasteiger partial charge on any atom is -0.364 e. The van der Waals surface area contributed by atoms with Crippen LogP contribution in [0.15, 0.2) is 65.8 Å². The largest absolute Gasteiger partial charge is 0.460 e. The Bertz CT molecular complexity index is 994. The minimum absolute atomic E-state index is 0.0380. The predicted molar refractivity (Wildman–Crippen MR) is 100 cm³/mol. The Hall–Kier alpha value is -2.95. The van der Waals surface area contributed by atoms with Crippen molar-refractivity contribution in [3.63, 3.8) is 0 Å². The molecule has 4 nitrogen and oxygen atoms in total. The zero-order valence-corrected chi connectivity index (χ0v) is 16.3. The molecule has 1 N–H and O–H groups in total. The third kappa shape index (κ3) is 3.96.